The molecular formula is C26H32N8O. The molecule has 1 aliphatic rings. The van der Waals surface area contributed by atoms with Gasteiger partial charge in [0.05, 0.1) is 6.20 Å². The highest BCUT2D eigenvalue weighted by Gasteiger charge is 2.22. The molecule has 0 bridgehead atoms. The van der Waals surface area contributed by atoms with Crippen LogP contribution < -0.4 is 15.1 Å². The van der Waals surface area contributed by atoms with Crippen molar-refractivity contribution in [3.63, 3.8) is 0 Å². The number of piperazine rings is 1. The van der Waals surface area contributed by atoms with E-state index in [4.69, 9.17) is 4.98 Å². The molecule has 0 saturated carbocycles. The molecule has 4 aromatic rings. The van der Waals surface area contributed by atoms with E-state index >= 15 is 0 Å². The third-order valence-electron chi connectivity index (χ3n) is 6.44. The van der Waals surface area contributed by atoms with Crippen molar-refractivity contribution in [1.29, 1.82) is 0 Å². The molecule has 0 atom stereocenters. The van der Waals surface area contributed by atoms with E-state index in [0.29, 0.717) is 13.1 Å². The molecule has 35 heavy (non-hydrogen) atoms. The number of aromatic nitrogens is 4. The number of hydrogen-bond donors (Lipinski definition) is 2. The number of amides is 2. The van der Waals surface area contributed by atoms with Crippen molar-refractivity contribution >= 4 is 34.3 Å². The topological polar surface area (TPSA) is 85.3 Å². The maximum Gasteiger partial charge on any atom is 0.321 e. The van der Waals surface area contributed by atoms with Gasteiger partial charge in [0.1, 0.15) is 11.3 Å². The number of imidazole rings is 1. The molecule has 2 N–H and O–H groups in total. The Labute approximate surface area is 205 Å². The van der Waals surface area contributed by atoms with Crippen molar-refractivity contribution in [3.05, 3.63) is 54.7 Å². The number of carbonyl (C=O) groups is 1. The van der Waals surface area contributed by atoms with E-state index in [1.54, 1.807) is 0 Å². The third-order valence-corrected chi connectivity index (χ3v) is 6.44. The van der Waals surface area contributed by atoms with Crippen LogP contribution in [-0.4, -0.2) is 71.0 Å². The largest absolute Gasteiger partial charge is 0.378 e. The molecule has 2 aromatic carbocycles. The van der Waals surface area contributed by atoms with Gasteiger partial charge in [0.25, 0.3) is 0 Å². The second-order valence-corrected chi connectivity index (χ2v) is 9.40. The fraction of sp³-hybridized carbons (Fsp3) is 0.346. The van der Waals surface area contributed by atoms with Crippen LogP contribution in [0.5, 0.6) is 0 Å². The summed E-state index contributed by atoms with van der Waals surface area (Å²) in [7, 11) is 4.00. The predicted octanol–water partition coefficient (Wildman–Crippen LogP) is 4.43. The summed E-state index contributed by atoms with van der Waals surface area (Å²) in [5, 5.41) is 7.41. The highest BCUT2D eigenvalue weighted by atomic mass is 16.2. The number of rotatable bonds is 5. The number of nitrogens with one attached hydrogen (secondary N) is 2. The molecule has 2 aromatic heterocycles. The Kier molecular flexibility index (Phi) is 6.07. The normalized spacial score (nSPS) is 14.1. The maximum atomic E-state index is 12.7. The van der Waals surface area contributed by atoms with Crippen LogP contribution >= 0.6 is 0 Å². The Morgan fingerprint density at radius 1 is 1.00 bits per heavy atom. The van der Waals surface area contributed by atoms with Gasteiger partial charge in [-0.25, -0.2) is 14.5 Å². The molecule has 5 rings (SSSR count). The summed E-state index contributed by atoms with van der Waals surface area (Å²) in [6.45, 7) is 7.14. The van der Waals surface area contributed by atoms with E-state index in [9.17, 15) is 4.79 Å². The summed E-state index contributed by atoms with van der Waals surface area (Å²) in [5.74, 6) is 0.846. The number of hydrogen-bond acceptors (Lipinski definition) is 5. The average Bonchev–Trinajstić information content (AvgIpc) is 3.46. The third kappa shape index (κ3) is 4.66. The van der Waals surface area contributed by atoms with Crippen LogP contribution in [-0.2, 0) is 0 Å². The van der Waals surface area contributed by atoms with E-state index in [0.717, 1.165) is 52.7 Å². The van der Waals surface area contributed by atoms with Crippen LogP contribution in [0.2, 0.25) is 0 Å². The molecule has 9 nitrogen and oxygen atoms in total. The number of H-pyrrole nitrogens is 1. The quantitative estimate of drug-likeness (QED) is 0.449. The zero-order chi connectivity index (χ0) is 24.5. The minimum atomic E-state index is -0.0533. The van der Waals surface area contributed by atoms with Crippen molar-refractivity contribution in [1.82, 2.24) is 24.6 Å². The first-order chi connectivity index (χ1) is 16.9. The first-order valence-corrected chi connectivity index (χ1v) is 12.0. The summed E-state index contributed by atoms with van der Waals surface area (Å²) in [5.41, 5.74) is 5.93. The zero-order valence-corrected chi connectivity index (χ0v) is 20.7. The lowest BCUT2D eigenvalue weighted by Gasteiger charge is -2.36. The van der Waals surface area contributed by atoms with E-state index in [-0.39, 0.29) is 12.1 Å². The van der Waals surface area contributed by atoms with Crippen LogP contribution in [0.3, 0.4) is 0 Å². The highest BCUT2D eigenvalue weighted by Crippen LogP contribution is 2.25. The van der Waals surface area contributed by atoms with Gasteiger partial charge in [0.15, 0.2) is 5.65 Å². The molecule has 1 aliphatic heterocycles. The Bertz CT molecular complexity index is 1300. The van der Waals surface area contributed by atoms with E-state index in [1.807, 2.05) is 59.0 Å². The van der Waals surface area contributed by atoms with Crippen LogP contribution in [0.15, 0.2) is 54.7 Å². The summed E-state index contributed by atoms with van der Waals surface area (Å²) in [6, 6.07) is 16.5. The molecule has 0 radical (unpaired) electrons. The lowest BCUT2D eigenvalue weighted by Crippen LogP contribution is -2.50. The van der Waals surface area contributed by atoms with Gasteiger partial charge in [0, 0.05) is 68.9 Å². The second kappa shape index (κ2) is 9.32. The van der Waals surface area contributed by atoms with Crippen molar-refractivity contribution in [2.75, 3.05) is 55.4 Å². The molecule has 1 saturated heterocycles. The van der Waals surface area contributed by atoms with Gasteiger partial charge >= 0.3 is 6.03 Å². The molecule has 3 heterocycles. The number of nitrogens with zero attached hydrogens (tertiary/aromatic N) is 6. The SMILES string of the molecule is CC(C)n1ncc2[nH]c(-c3ccc(N4CCN(C(=O)Nc5ccc(N(C)C)cc5)CC4)cc3)nc21. The van der Waals surface area contributed by atoms with Crippen molar-refractivity contribution in [3.8, 4) is 11.4 Å². The predicted molar refractivity (Wildman–Crippen MR) is 141 cm³/mol. The minimum Gasteiger partial charge on any atom is -0.378 e. The van der Waals surface area contributed by atoms with Gasteiger partial charge in [-0.05, 0) is 62.4 Å². The van der Waals surface area contributed by atoms with Gasteiger partial charge in [-0.1, -0.05) is 0 Å². The van der Waals surface area contributed by atoms with Crippen LogP contribution in [0, 0.1) is 0 Å². The summed E-state index contributed by atoms with van der Waals surface area (Å²) >= 11 is 0. The molecule has 0 spiro atoms. The lowest BCUT2D eigenvalue weighted by atomic mass is 10.1. The second-order valence-electron chi connectivity index (χ2n) is 9.40. The van der Waals surface area contributed by atoms with Crippen molar-refractivity contribution < 1.29 is 4.79 Å². The van der Waals surface area contributed by atoms with E-state index < -0.39 is 0 Å². The van der Waals surface area contributed by atoms with Crippen LogP contribution in [0.4, 0.5) is 21.9 Å². The molecule has 0 aliphatic carbocycles. The Morgan fingerprint density at radius 2 is 1.69 bits per heavy atom. The lowest BCUT2D eigenvalue weighted by molar-refractivity contribution is 0.208. The number of carbonyl (C=O) groups excluding carboxylic acids is 1. The number of benzene rings is 2. The van der Waals surface area contributed by atoms with Gasteiger partial charge in [-0.3, -0.25) is 0 Å². The van der Waals surface area contributed by atoms with Crippen LogP contribution in [0.25, 0.3) is 22.6 Å². The van der Waals surface area contributed by atoms with Crippen LogP contribution in [0.1, 0.15) is 19.9 Å². The Hall–Kier alpha value is -4.01. The van der Waals surface area contributed by atoms with Crippen molar-refractivity contribution in [2.24, 2.45) is 0 Å². The number of fused-ring (bicyclic) bond motifs is 1. The fourth-order valence-corrected chi connectivity index (χ4v) is 4.37. The average molecular weight is 473 g/mol. The number of urea groups is 1. The molecule has 0 unspecified atom stereocenters. The smallest absolute Gasteiger partial charge is 0.321 e. The zero-order valence-electron chi connectivity index (χ0n) is 20.7. The monoisotopic (exact) mass is 472 g/mol. The number of anilines is 3. The fourth-order valence-electron chi connectivity index (χ4n) is 4.37. The first kappa shape index (κ1) is 22.8. The summed E-state index contributed by atoms with van der Waals surface area (Å²) in [6.07, 6.45) is 1.83. The van der Waals surface area contributed by atoms with Gasteiger partial charge in [-0.15, -0.1) is 0 Å². The maximum absolute atomic E-state index is 12.7. The minimum absolute atomic E-state index is 0.0533. The molecule has 9 heteroatoms. The molecule has 182 valence electrons. The van der Waals surface area contributed by atoms with Gasteiger partial charge in [0.2, 0.25) is 0 Å². The Morgan fingerprint density at radius 3 is 2.31 bits per heavy atom. The molecular weight excluding hydrogens is 440 g/mol. The van der Waals surface area contributed by atoms with E-state index in [2.05, 4.69) is 58.4 Å². The standard InChI is InChI=1S/C26H32N8O/c1-18(2)34-25-23(17-27-34)29-24(30-25)19-5-9-22(10-6-19)32-13-15-33(16-14-32)26(35)28-20-7-11-21(12-8-20)31(3)4/h5-12,17-18H,13-16H2,1-4H3,(H,28,35)(H,29,30). The Balaban J connectivity index is 1.18. The first-order valence-electron chi connectivity index (χ1n) is 12.0. The summed E-state index contributed by atoms with van der Waals surface area (Å²) in [4.78, 5) is 27.1. The van der Waals surface area contributed by atoms with Crippen molar-refractivity contribution in [2.45, 2.75) is 19.9 Å². The highest BCUT2D eigenvalue weighted by molar-refractivity contribution is 5.89. The summed E-state index contributed by atoms with van der Waals surface area (Å²) < 4.78 is 1.93. The van der Waals surface area contributed by atoms with E-state index in [1.165, 1.54) is 0 Å². The van der Waals surface area contributed by atoms with Gasteiger partial charge < -0.3 is 25.0 Å². The molecule has 2 amide bonds. The molecule has 1 fully saturated rings. The van der Waals surface area contributed by atoms with Gasteiger partial charge in [-0.2, -0.15) is 5.10 Å². The number of aromatic amines is 1.